The predicted molar refractivity (Wildman–Crippen MR) is 70.7 cm³/mol. The SMILES string of the molecule is COc1cc(OC)c(OC)c(C2CCCCN2)c1. The third-order valence-electron chi connectivity index (χ3n) is 3.40. The van der Waals surface area contributed by atoms with Gasteiger partial charge in [0.1, 0.15) is 5.75 Å². The molecule has 18 heavy (non-hydrogen) atoms. The summed E-state index contributed by atoms with van der Waals surface area (Å²) in [7, 11) is 4.99. The van der Waals surface area contributed by atoms with Crippen LogP contribution in [0.1, 0.15) is 30.9 Å². The fraction of sp³-hybridized carbons (Fsp3) is 0.571. The highest BCUT2D eigenvalue weighted by atomic mass is 16.5. The van der Waals surface area contributed by atoms with Gasteiger partial charge in [-0.3, -0.25) is 0 Å². The Bertz CT molecular complexity index is 400. The minimum atomic E-state index is 0.317. The van der Waals surface area contributed by atoms with Crippen LogP contribution in [0, 0.1) is 0 Å². The monoisotopic (exact) mass is 251 g/mol. The zero-order valence-corrected chi connectivity index (χ0v) is 11.3. The molecule has 0 aliphatic carbocycles. The van der Waals surface area contributed by atoms with Crippen LogP contribution >= 0.6 is 0 Å². The van der Waals surface area contributed by atoms with Gasteiger partial charge in [-0.25, -0.2) is 0 Å². The van der Waals surface area contributed by atoms with E-state index in [1.165, 1.54) is 12.8 Å². The number of methoxy groups -OCH3 is 3. The first-order chi connectivity index (χ1) is 8.80. The molecular formula is C14H21NO3. The Labute approximate surface area is 108 Å². The first-order valence-electron chi connectivity index (χ1n) is 6.33. The molecule has 0 bridgehead atoms. The maximum atomic E-state index is 5.50. The van der Waals surface area contributed by atoms with Crippen molar-refractivity contribution in [3.05, 3.63) is 17.7 Å². The van der Waals surface area contributed by atoms with Gasteiger partial charge in [0.15, 0.2) is 11.5 Å². The molecule has 1 saturated heterocycles. The Morgan fingerprint density at radius 2 is 1.89 bits per heavy atom. The minimum Gasteiger partial charge on any atom is -0.497 e. The van der Waals surface area contributed by atoms with Gasteiger partial charge in [0.25, 0.3) is 0 Å². The zero-order valence-electron chi connectivity index (χ0n) is 11.3. The van der Waals surface area contributed by atoms with Crippen molar-refractivity contribution in [3.8, 4) is 17.2 Å². The molecule has 1 aromatic rings. The molecule has 1 fully saturated rings. The van der Waals surface area contributed by atoms with Crippen LogP contribution in [-0.2, 0) is 0 Å². The summed E-state index contributed by atoms with van der Waals surface area (Å²) in [6.45, 7) is 1.05. The fourth-order valence-corrected chi connectivity index (χ4v) is 2.46. The van der Waals surface area contributed by atoms with Crippen molar-refractivity contribution >= 4 is 0 Å². The number of ether oxygens (including phenoxy) is 3. The van der Waals surface area contributed by atoms with E-state index in [0.717, 1.165) is 35.8 Å². The highest BCUT2D eigenvalue weighted by Gasteiger charge is 2.22. The molecule has 1 aromatic carbocycles. The van der Waals surface area contributed by atoms with Gasteiger partial charge in [-0.15, -0.1) is 0 Å². The van der Waals surface area contributed by atoms with Gasteiger partial charge in [-0.2, -0.15) is 0 Å². The molecule has 0 amide bonds. The number of hydrogen-bond acceptors (Lipinski definition) is 4. The molecule has 0 aromatic heterocycles. The third-order valence-corrected chi connectivity index (χ3v) is 3.40. The Morgan fingerprint density at radius 1 is 1.06 bits per heavy atom. The molecule has 1 aliphatic rings. The van der Waals surface area contributed by atoms with E-state index >= 15 is 0 Å². The predicted octanol–water partition coefficient (Wildman–Crippen LogP) is 2.53. The highest BCUT2D eigenvalue weighted by Crippen LogP contribution is 2.40. The molecule has 1 unspecified atom stereocenters. The Balaban J connectivity index is 2.41. The number of hydrogen-bond donors (Lipinski definition) is 1. The van der Waals surface area contributed by atoms with Crippen molar-refractivity contribution in [3.63, 3.8) is 0 Å². The Kier molecular flexibility index (Phi) is 4.31. The topological polar surface area (TPSA) is 39.7 Å². The van der Waals surface area contributed by atoms with Crippen molar-refractivity contribution in [2.75, 3.05) is 27.9 Å². The average molecular weight is 251 g/mol. The standard InChI is InChI=1S/C14H21NO3/c1-16-10-8-11(12-6-4-5-7-15-12)14(18-3)13(9-10)17-2/h8-9,12,15H,4-7H2,1-3H3. The lowest BCUT2D eigenvalue weighted by atomic mass is 9.96. The van der Waals surface area contributed by atoms with Crippen LogP contribution < -0.4 is 19.5 Å². The average Bonchev–Trinajstić information content (AvgIpc) is 2.46. The lowest BCUT2D eigenvalue weighted by molar-refractivity contribution is 0.332. The van der Waals surface area contributed by atoms with Crippen LogP contribution in [0.2, 0.25) is 0 Å². The van der Waals surface area contributed by atoms with Crippen molar-refractivity contribution in [1.29, 1.82) is 0 Å². The number of piperidine rings is 1. The smallest absolute Gasteiger partial charge is 0.165 e. The van der Waals surface area contributed by atoms with Gasteiger partial charge in [-0.05, 0) is 25.5 Å². The Hall–Kier alpha value is -1.42. The molecular weight excluding hydrogens is 230 g/mol. The summed E-state index contributed by atoms with van der Waals surface area (Å²) >= 11 is 0. The van der Waals surface area contributed by atoms with Gasteiger partial charge in [-0.1, -0.05) is 6.42 Å². The van der Waals surface area contributed by atoms with E-state index in [1.807, 2.05) is 12.1 Å². The molecule has 1 atom stereocenters. The van der Waals surface area contributed by atoms with E-state index in [9.17, 15) is 0 Å². The van der Waals surface area contributed by atoms with E-state index in [0.29, 0.717) is 6.04 Å². The number of rotatable bonds is 4. The molecule has 4 nitrogen and oxygen atoms in total. The maximum Gasteiger partial charge on any atom is 0.165 e. The highest BCUT2D eigenvalue weighted by molar-refractivity contribution is 5.53. The van der Waals surface area contributed by atoms with Crippen LogP contribution in [0.3, 0.4) is 0 Å². The lowest BCUT2D eigenvalue weighted by Gasteiger charge is -2.26. The third kappa shape index (κ3) is 2.53. The van der Waals surface area contributed by atoms with E-state index in [-0.39, 0.29) is 0 Å². The van der Waals surface area contributed by atoms with E-state index in [4.69, 9.17) is 14.2 Å². The first-order valence-corrected chi connectivity index (χ1v) is 6.33. The van der Waals surface area contributed by atoms with Gasteiger partial charge >= 0.3 is 0 Å². The second-order valence-electron chi connectivity index (χ2n) is 4.45. The van der Waals surface area contributed by atoms with Crippen molar-refractivity contribution < 1.29 is 14.2 Å². The molecule has 1 heterocycles. The number of nitrogens with one attached hydrogen (secondary N) is 1. The summed E-state index contributed by atoms with van der Waals surface area (Å²) in [5.41, 5.74) is 1.12. The van der Waals surface area contributed by atoms with Crippen LogP contribution in [0.4, 0.5) is 0 Å². The summed E-state index contributed by atoms with van der Waals surface area (Å²) in [6, 6.07) is 4.20. The van der Waals surface area contributed by atoms with Crippen molar-refractivity contribution in [1.82, 2.24) is 5.32 Å². The van der Waals surface area contributed by atoms with Crippen LogP contribution in [0.15, 0.2) is 12.1 Å². The van der Waals surface area contributed by atoms with Gasteiger partial charge in [0.05, 0.1) is 21.3 Å². The largest absolute Gasteiger partial charge is 0.497 e. The molecule has 100 valence electrons. The molecule has 0 spiro atoms. The molecule has 0 saturated carbocycles. The Morgan fingerprint density at radius 3 is 2.44 bits per heavy atom. The molecule has 1 N–H and O–H groups in total. The maximum absolute atomic E-state index is 5.50. The molecule has 2 rings (SSSR count). The first kappa shape index (κ1) is 13.0. The fourth-order valence-electron chi connectivity index (χ4n) is 2.46. The summed E-state index contributed by atoms with van der Waals surface area (Å²) in [6.07, 6.45) is 3.59. The van der Waals surface area contributed by atoms with Crippen LogP contribution in [0.25, 0.3) is 0 Å². The van der Waals surface area contributed by atoms with Crippen molar-refractivity contribution in [2.24, 2.45) is 0 Å². The summed E-state index contributed by atoms with van der Waals surface area (Å²) in [5, 5.41) is 3.52. The normalized spacial score (nSPS) is 19.4. The molecule has 1 aliphatic heterocycles. The second-order valence-corrected chi connectivity index (χ2v) is 4.45. The zero-order chi connectivity index (χ0) is 13.0. The van der Waals surface area contributed by atoms with Crippen LogP contribution in [-0.4, -0.2) is 27.9 Å². The molecule has 4 heteroatoms. The van der Waals surface area contributed by atoms with Crippen molar-refractivity contribution in [2.45, 2.75) is 25.3 Å². The van der Waals surface area contributed by atoms with Gasteiger partial charge in [0, 0.05) is 17.7 Å². The lowest BCUT2D eigenvalue weighted by Crippen LogP contribution is -2.27. The van der Waals surface area contributed by atoms with E-state index in [1.54, 1.807) is 21.3 Å². The number of benzene rings is 1. The van der Waals surface area contributed by atoms with E-state index in [2.05, 4.69) is 5.32 Å². The molecule has 0 radical (unpaired) electrons. The second kappa shape index (κ2) is 5.96. The van der Waals surface area contributed by atoms with Crippen LogP contribution in [0.5, 0.6) is 17.2 Å². The van der Waals surface area contributed by atoms with Gasteiger partial charge in [0.2, 0.25) is 0 Å². The van der Waals surface area contributed by atoms with Gasteiger partial charge < -0.3 is 19.5 Å². The van der Waals surface area contributed by atoms with E-state index < -0.39 is 0 Å². The summed E-state index contributed by atoms with van der Waals surface area (Å²) in [4.78, 5) is 0. The summed E-state index contributed by atoms with van der Waals surface area (Å²) in [5.74, 6) is 2.33. The quantitative estimate of drug-likeness (QED) is 0.892. The minimum absolute atomic E-state index is 0.317. The summed E-state index contributed by atoms with van der Waals surface area (Å²) < 4.78 is 16.2.